The predicted molar refractivity (Wildman–Crippen MR) is 101 cm³/mol. The third-order valence-electron chi connectivity index (χ3n) is 4.01. The Kier molecular flexibility index (Phi) is 4.35. The van der Waals surface area contributed by atoms with Crippen molar-refractivity contribution >= 4 is 16.6 Å². The number of fused-ring (bicyclic) bond motifs is 1. The number of aromatic nitrogens is 2. The molecule has 0 saturated carbocycles. The molecule has 1 aromatic heterocycles. The molecule has 4 aromatic rings. The number of nitrogens with one attached hydrogen (secondary N) is 1. The second-order valence-electron chi connectivity index (χ2n) is 5.84. The number of hydrogen-bond acceptors (Lipinski definition) is 5. The Morgan fingerprint density at radius 1 is 0.846 bits per heavy atom. The van der Waals surface area contributed by atoms with Crippen LogP contribution in [-0.4, -0.2) is 15.1 Å². The van der Waals surface area contributed by atoms with E-state index in [1.165, 1.54) is 6.33 Å². The van der Waals surface area contributed by atoms with Crippen LogP contribution in [-0.2, 0) is 6.54 Å². The number of hydrogen-bond donors (Lipinski definition) is 2. The van der Waals surface area contributed by atoms with Crippen LogP contribution in [0.2, 0.25) is 0 Å². The SMILES string of the molecule is Oc1ccc(NCc2ccc(Oc3ncnc4ccccc34)cc2)cc1. The molecule has 4 rings (SSSR count). The van der Waals surface area contributed by atoms with Crippen molar-refractivity contribution in [3.63, 3.8) is 0 Å². The molecule has 0 aliphatic rings. The van der Waals surface area contributed by atoms with Gasteiger partial charge in [-0.3, -0.25) is 0 Å². The fourth-order valence-corrected chi connectivity index (χ4v) is 2.63. The Morgan fingerprint density at radius 3 is 2.42 bits per heavy atom. The maximum absolute atomic E-state index is 9.31. The van der Waals surface area contributed by atoms with E-state index in [0.717, 1.165) is 27.9 Å². The number of ether oxygens (including phenoxy) is 1. The van der Waals surface area contributed by atoms with Gasteiger partial charge in [0.25, 0.3) is 0 Å². The monoisotopic (exact) mass is 343 g/mol. The molecule has 2 N–H and O–H groups in total. The van der Waals surface area contributed by atoms with Gasteiger partial charge < -0.3 is 15.2 Å². The summed E-state index contributed by atoms with van der Waals surface area (Å²) < 4.78 is 5.92. The molecule has 0 saturated heterocycles. The highest BCUT2D eigenvalue weighted by Gasteiger charge is 2.05. The molecule has 1 heterocycles. The van der Waals surface area contributed by atoms with Gasteiger partial charge in [0, 0.05) is 12.2 Å². The number of nitrogens with zero attached hydrogens (tertiary/aromatic N) is 2. The van der Waals surface area contributed by atoms with Gasteiger partial charge in [-0.05, 0) is 54.1 Å². The lowest BCUT2D eigenvalue weighted by Gasteiger charge is -2.09. The maximum Gasteiger partial charge on any atom is 0.230 e. The van der Waals surface area contributed by atoms with Gasteiger partial charge in [0.15, 0.2) is 0 Å². The first-order valence-electron chi connectivity index (χ1n) is 8.27. The predicted octanol–water partition coefficient (Wildman–Crippen LogP) is 4.74. The van der Waals surface area contributed by atoms with Crippen LogP contribution >= 0.6 is 0 Å². The quantitative estimate of drug-likeness (QED) is 0.512. The number of phenolic OH excluding ortho intramolecular Hbond substituents is 1. The van der Waals surface area contributed by atoms with Crippen molar-refractivity contribution in [2.75, 3.05) is 5.32 Å². The fourth-order valence-electron chi connectivity index (χ4n) is 2.63. The number of phenols is 1. The smallest absolute Gasteiger partial charge is 0.230 e. The Balaban J connectivity index is 1.45. The third-order valence-corrected chi connectivity index (χ3v) is 4.01. The van der Waals surface area contributed by atoms with Crippen LogP contribution < -0.4 is 10.1 Å². The molecule has 26 heavy (non-hydrogen) atoms. The summed E-state index contributed by atoms with van der Waals surface area (Å²) in [6.07, 6.45) is 1.51. The highest BCUT2D eigenvalue weighted by atomic mass is 16.5. The Hall–Kier alpha value is -3.60. The largest absolute Gasteiger partial charge is 0.508 e. The maximum atomic E-state index is 9.31. The second kappa shape index (κ2) is 7.11. The van der Waals surface area contributed by atoms with E-state index >= 15 is 0 Å². The Bertz CT molecular complexity index is 1010. The van der Waals surface area contributed by atoms with Crippen LogP contribution in [0.1, 0.15) is 5.56 Å². The Labute approximate surface area is 150 Å². The highest BCUT2D eigenvalue weighted by molar-refractivity contribution is 5.83. The van der Waals surface area contributed by atoms with Crippen molar-refractivity contribution in [1.29, 1.82) is 0 Å². The van der Waals surface area contributed by atoms with E-state index in [9.17, 15) is 5.11 Å². The molecule has 0 spiro atoms. The molecule has 0 aliphatic heterocycles. The summed E-state index contributed by atoms with van der Waals surface area (Å²) in [5, 5.41) is 13.5. The van der Waals surface area contributed by atoms with E-state index in [2.05, 4.69) is 15.3 Å². The van der Waals surface area contributed by atoms with E-state index in [1.807, 2.05) is 60.7 Å². The number of anilines is 1. The first-order valence-corrected chi connectivity index (χ1v) is 8.27. The highest BCUT2D eigenvalue weighted by Crippen LogP contribution is 2.26. The van der Waals surface area contributed by atoms with Gasteiger partial charge in [0.1, 0.15) is 17.8 Å². The lowest BCUT2D eigenvalue weighted by atomic mass is 10.2. The molecular formula is C21H17N3O2. The first kappa shape index (κ1) is 15.9. The Morgan fingerprint density at radius 2 is 1.62 bits per heavy atom. The van der Waals surface area contributed by atoms with Gasteiger partial charge in [-0.1, -0.05) is 24.3 Å². The second-order valence-corrected chi connectivity index (χ2v) is 5.84. The van der Waals surface area contributed by atoms with Gasteiger partial charge in [0.2, 0.25) is 5.88 Å². The van der Waals surface area contributed by atoms with Crippen LogP contribution in [0.25, 0.3) is 10.9 Å². The summed E-state index contributed by atoms with van der Waals surface area (Å²) in [6, 6.07) is 22.6. The third kappa shape index (κ3) is 3.57. The average Bonchev–Trinajstić information content (AvgIpc) is 2.69. The molecule has 0 radical (unpaired) electrons. The zero-order valence-electron chi connectivity index (χ0n) is 14.0. The van der Waals surface area contributed by atoms with Crippen LogP contribution in [0.3, 0.4) is 0 Å². The van der Waals surface area contributed by atoms with E-state index < -0.39 is 0 Å². The van der Waals surface area contributed by atoms with Gasteiger partial charge in [-0.25, -0.2) is 9.97 Å². The molecule has 0 fully saturated rings. The topological polar surface area (TPSA) is 67.3 Å². The normalized spacial score (nSPS) is 10.6. The molecule has 0 bridgehead atoms. The lowest BCUT2D eigenvalue weighted by molar-refractivity contribution is 0.468. The zero-order valence-corrected chi connectivity index (χ0v) is 14.0. The van der Waals surface area contributed by atoms with E-state index in [1.54, 1.807) is 12.1 Å². The van der Waals surface area contributed by atoms with Crippen molar-refractivity contribution in [1.82, 2.24) is 9.97 Å². The van der Waals surface area contributed by atoms with Gasteiger partial charge in [-0.15, -0.1) is 0 Å². The molecule has 5 heteroatoms. The zero-order chi connectivity index (χ0) is 17.8. The van der Waals surface area contributed by atoms with Crippen molar-refractivity contribution in [3.8, 4) is 17.4 Å². The van der Waals surface area contributed by atoms with E-state index in [0.29, 0.717) is 12.4 Å². The molecule has 0 aliphatic carbocycles. The van der Waals surface area contributed by atoms with Crippen molar-refractivity contribution in [2.45, 2.75) is 6.54 Å². The van der Waals surface area contributed by atoms with E-state index in [-0.39, 0.29) is 5.75 Å². The summed E-state index contributed by atoms with van der Waals surface area (Å²) in [4.78, 5) is 8.48. The molecule has 0 atom stereocenters. The summed E-state index contributed by atoms with van der Waals surface area (Å²) in [5.41, 5.74) is 2.93. The van der Waals surface area contributed by atoms with Crippen molar-refractivity contribution in [2.24, 2.45) is 0 Å². The van der Waals surface area contributed by atoms with Crippen LogP contribution in [0, 0.1) is 0 Å². The summed E-state index contributed by atoms with van der Waals surface area (Å²) in [5.74, 6) is 1.53. The molecule has 0 unspecified atom stereocenters. The fraction of sp³-hybridized carbons (Fsp3) is 0.0476. The lowest BCUT2D eigenvalue weighted by Crippen LogP contribution is -1.99. The molecule has 128 valence electrons. The minimum atomic E-state index is 0.259. The number of rotatable bonds is 5. The van der Waals surface area contributed by atoms with Gasteiger partial charge in [0.05, 0.1) is 10.9 Å². The van der Waals surface area contributed by atoms with E-state index in [4.69, 9.17) is 4.74 Å². The van der Waals surface area contributed by atoms with Crippen molar-refractivity contribution < 1.29 is 9.84 Å². The van der Waals surface area contributed by atoms with Gasteiger partial charge >= 0.3 is 0 Å². The van der Waals surface area contributed by atoms with Crippen LogP contribution in [0.4, 0.5) is 5.69 Å². The number of para-hydroxylation sites is 1. The molecule has 3 aromatic carbocycles. The van der Waals surface area contributed by atoms with Crippen molar-refractivity contribution in [3.05, 3.63) is 84.7 Å². The molecule has 5 nitrogen and oxygen atoms in total. The molecular weight excluding hydrogens is 326 g/mol. The summed E-state index contributed by atoms with van der Waals surface area (Å²) >= 11 is 0. The van der Waals surface area contributed by atoms with Gasteiger partial charge in [-0.2, -0.15) is 0 Å². The average molecular weight is 343 g/mol. The number of aromatic hydroxyl groups is 1. The summed E-state index contributed by atoms with van der Waals surface area (Å²) in [6.45, 7) is 0.682. The summed E-state index contributed by atoms with van der Waals surface area (Å²) in [7, 11) is 0. The minimum absolute atomic E-state index is 0.259. The minimum Gasteiger partial charge on any atom is -0.508 e. The standard InChI is InChI=1S/C21H17N3O2/c25-17-9-7-16(8-10-17)22-13-15-5-11-18(12-6-15)26-21-19-3-1-2-4-20(19)23-14-24-21/h1-12,14,22,25H,13H2. The first-order chi connectivity index (χ1) is 12.8. The van der Waals surface area contributed by atoms with Crippen LogP contribution in [0.15, 0.2) is 79.1 Å². The van der Waals surface area contributed by atoms with Crippen LogP contribution in [0.5, 0.6) is 17.4 Å². The molecule has 0 amide bonds. The number of benzene rings is 3.